The van der Waals surface area contributed by atoms with E-state index in [0.29, 0.717) is 18.7 Å². The van der Waals surface area contributed by atoms with Gasteiger partial charge in [-0.1, -0.05) is 6.42 Å². The summed E-state index contributed by atoms with van der Waals surface area (Å²) in [6, 6.07) is 5.01. The van der Waals surface area contributed by atoms with E-state index in [2.05, 4.69) is 5.32 Å². The summed E-state index contributed by atoms with van der Waals surface area (Å²) >= 11 is 0. The predicted molar refractivity (Wildman–Crippen MR) is 82.9 cm³/mol. The predicted octanol–water partition coefficient (Wildman–Crippen LogP) is 1.57. The molecule has 1 amide bonds. The largest absolute Gasteiger partial charge is 0.330 e. The van der Waals surface area contributed by atoms with Crippen LogP contribution in [0.2, 0.25) is 0 Å². The molecule has 20 heavy (non-hydrogen) atoms. The Morgan fingerprint density at radius 1 is 1.30 bits per heavy atom. The van der Waals surface area contributed by atoms with E-state index < -0.39 is 11.0 Å². The fraction of sp³-hybridized carbons (Fsp3) is 0.417. The molecule has 1 atom stereocenters. The van der Waals surface area contributed by atoms with Crippen molar-refractivity contribution in [3.63, 3.8) is 0 Å². The molecule has 0 aliphatic carbocycles. The summed E-state index contributed by atoms with van der Waals surface area (Å²) < 4.78 is 0. The summed E-state index contributed by atoms with van der Waals surface area (Å²) in [5.74, 6) is -0.300. The number of rotatable bonds is 7. The van der Waals surface area contributed by atoms with Gasteiger partial charge >= 0.3 is 0 Å². The molecule has 5 N–H and O–H groups in total. The number of nitrogens with one attached hydrogen (secondary N) is 1. The van der Waals surface area contributed by atoms with Crippen LogP contribution in [0.5, 0.6) is 0 Å². The number of halogens is 1. The highest BCUT2D eigenvalue weighted by Crippen LogP contribution is 2.15. The average molecular weight is 347 g/mol. The van der Waals surface area contributed by atoms with Crippen molar-refractivity contribution in [3.8, 4) is 0 Å². The summed E-state index contributed by atoms with van der Waals surface area (Å²) in [6.07, 6.45) is 2.19. The Balaban J connectivity index is 0.00000361. The Hall–Kier alpha value is -1.51. The first kappa shape index (κ1) is 18.5. The molecule has 0 radical (unpaired) electrons. The summed E-state index contributed by atoms with van der Waals surface area (Å²) in [6.45, 7) is 0.580. The topological polar surface area (TPSA) is 124 Å². The Morgan fingerprint density at radius 2 is 1.90 bits per heavy atom. The zero-order valence-electron chi connectivity index (χ0n) is 11.0. The van der Waals surface area contributed by atoms with Crippen molar-refractivity contribution >= 4 is 34.3 Å². The quantitative estimate of drug-likeness (QED) is 0.392. The molecule has 8 heteroatoms. The number of hydrogen-bond acceptors (Lipinski definition) is 5. The monoisotopic (exact) mass is 346 g/mol. The second kappa shape index (κ2) is 9.40. The van der Waals surface area contributed by atoms with Crippen LogP contribution in [0.3, 0.4) is 0 Å². The molecule has 112 valence electrons. The normalized spacial score (nSPS) is 11.3. The van der Waals surface area contributed by atoms with E-state index in [1.807, 2.05) is 0 Å². The summed E-state index contributed by atoms with van der Waals surface area (Å²) in [4.78, 5) is 21.7. The number of nitro groups is 1. The molecule has 0 fully saturated rings. The van der Waals surface area contributed by atoms with Gasteiger partial charge in [-0.3, -0.25) is 14.9 Å². The molecule has 0 bridgehead atoms. The first-order chi connectivity index (χ1) is 9.04. The number of nitrogens with two attached hydrogens (primary N) is 2. The van der Waals surface area contributed by atoms with E-state index in [-0.39, 0.29) is 28.6 Å². The maximum atomic E-state index is 11.7. The minimum atomic E-state index is -0.596. The van der Waals surface area contributed by atoms with Gasteiger partial charge in [-0.25, -0.2) is 0 Å². The van der Waals surface area contributed by atoms with E-state index in [4.69, 9.17) is 11.5 Å². The molecular weight excluding hydrogens is 328 g/mol. The lowest BCUT2D eigenvalue weighted by molar-refractivity contribution is -0.384. The van der Waals surface area contributed by atoms with Crippen LogP contribution >= 0.6 is 17.0 Å². The van der Waals surface area contributed by atoms with Crippen molar-refractivity contribution in [2.75, 3.05) is 11.9 Å². The zero-order chi connectivity index (χ0) is 14.3. The first-order valence-electron chi connectivity index (χ1n) is 6.05. The van der Waals surface area contributed by atoms with Crippen molar-refractivity contribution < 1.29 is 9.72 Å². The van der Waals surface area contributed by atoms with Crippen LogP contribution < -0.4 is 16.8 Å². The number of unbranched alkanes of at least 4 members (excludes halogenated alkanes) is 1. The Kier molecular flexibility index (Phi) is 8.69. The standard InChI is InChI=1S/C12H18N4O3.BrH/c13-8-2-1-3-11(14)12(17)15-9-4-6-10(7-5-9)16(18)19;/h4-7,11H,1-3,8,13-14H2,(H,15,17);1H/t11-;/m0./s1. The van der Waals surface area contributed by atoms with E-state index in [9.17, 15) is 14.9 Å². The number of carbonyl (C=O) groups is 1. The van der Waals surface area contributed by atoms with Gasteiger partial charge in [0.1, 0.15) is 0 Å². The number of amides is 1. The molecule has 0 aliphatic rings. The molecule has 1 rings (SSSR count). The van der Waals surface area contributed by atoms with E-state index in [0.717, 1.165) is 12.8 Å². The highest BCUT2D eigenvalue weighted by Gasteiger charge is 2.13. The van der Waals surface area contributed by atoms with E-state index in [1.54, 1.807) is 0 Å². The maximum Gasteiger partial charge on any atom is 0.269 e. The van der Waals surface area contributed by atoms with Crippen molar-refractivity contribution in [1.82, 2.24) is 0 Å². The van der Waals surface area contributed by atoms with Crippen molar-refractivity contribution in [2.24, 2.45) is 11.5 Å². The van der Waals surface area contributed by atoms with E-state index in [1.165, 1.54) is 24.3 Å². The Labute approximate surface area is 127 Å². The lowest BCUT2D eigenvalue weighted by Crippen LogP contribution is -2.35. The number of carbonyl (C=O) groups excluding carboxylic acids is 1. The molecule has 0 aliphatic heterocycles. The van der Waals surface area contributed by atoms with E-state index >= 15 is 0 Å². The molecule has 1 aromatic rings. The van der Waals surface area contributed by atoms with Gasteiger partial charge in [0.25, 0.3) is 5.69 Å². The van der Waals surface area contributed by atoms with Gasteiger partial charge < -0.3 is 16.8 Å². The fourth-order valence-corrected chi connectivity index (χ4v) is 1.54. The molecule has 0 spiro atoms. The highest BCUT2D eigenvalue weighted by molar-refractivity contribution is 8.93. The Bertz CT molecular complexity index is 439. The number of nitrogens with zero attached hydrogens (tertiary/aromatic N) is 1. The first-order valence-corrected chi connectivity index (χ1v) is 6.05. The smallest absolute Gasteiger partial charge is 0.269 e. The van der Waals surface area contributed by atoms with Gasteiger partial charge in [0.2, 0.25) is 5.91 Å². The third-order valence-corrected chi connectivity index (χ3v) is 2.65. The van der Waals surface area contributed by atoms with Crippen LogP contribution in [0.4, 0.5) is 11.4 Å². The summed E-state index contributed by atoms with van der Waals surface area (Å²) in [5.41, 5.74) is 11.5. The van der Waals surface area contributed by atoms with Gasteiger partial charge in [0.05, 0.1) is 11.0 Å². The number of hydrogen-bond donors (Lipinski definition) is 3. The molecule has 0 heterocycles. The van der Waals surface area contributed by atoms with Crippen LogP contribution in [-0.4, -0.2) is 23.4 Å². The minimum absolute atomic E-state index is 0. The van der Waals surface area contributed by atoms with Gasteiger partial charge in [-0.05, 0) is 31.5 Å². The van der Waals surface area contributed by atoms with Gasteiger partial charge in [0.15, 0.2) is 0 Å². The van der Waals surface area contributed by atoms with Crippen molar-refractivity contribution in [3.05, 3.63) is 34.4 Å². The lowest BCUT2D eigenvalue weighted by atomic mass is 10.1. The highest BCUT2D eigenvalue weighted by atomic mass is 79.9. The fourth-order valence-electron chi connectivity index (χ4n) is 1.54. The van der Waals surface area contributed by atoms with Gasteiger partial charge in [-0.2, -0.15) is 0 Å². The summed E-state index contributed by atoms with van der Waals surface area (Å²) in [5, 5.41) is 13.1. The van der Waals surface area contributed by atoms with Crippen molar-refractivity contribution in [2.45, 2.75) is 25.3 Å². The van der Waals surface area contributed by atoms with Gasteiger partial charge in [0, 0.05) is 17.8 Å². The third-order valence-electron chi connectivity index (χ3n) is 2.65. The molecule has 7 nitrogen and oxygen atoms in total. The second-order valence-corrected chi connectivity index (χ2v) is 4.18. The maximum absolute atomic E-state index is 11.7. The number of nitro benzene ring substituents is 1. The lowest BCUT2D eigenvalue weighted by Gasteiger charge is -2.11. The molecule has 0 unspecified atom stereocenters. The van der Waals surface area contributed by atoms with Gasteiger partial charge in [-0.15, -0.1) is 17.0 Å². The SMILES string of the molecule is Br.NCCCC[C@H](N)C(=O)Nc1ccc([N+](=O)[O-])cc1. The third kappa shape index (κ3) is 6.09. The minimum Gasteiger partial charge on any atom is -0.330 e. The van der Waals surface area contributed by atoms with Crippen LogP contribution in [0, 0.1) is 10.1 Å². The van der Waals surface area contributed by atoms with Crippen LogP contribution in [0.25, 0.3) is 0 Å². The molecular formula is C12H19BrN4O3. The number of anilines is 1. The van der Waals surface area contributed by atoms with Crippen LogP contribution in [0.15, 0.2) is 24.3 Å². The van der Waals surface area contributed by atoms with Crippen LogP contribution in [-0.2, 0) is 4.79 Å². The second-order valence-electron chi connectivity index (χ2n) is 4.18. The summed E-state index contributed by atoms with van der Waals surface area (Å²) in [7, 11) is 0. The molecule has 0 saturated heterocycles. The van der Waals surface area contributed by atoms with Crippen LogP contribution in [0.1, 0.15) is 19.3 Å². The molecule has 0 saturated carbocycles. The molecule has 1 aromatic carbocycles. The molecule has 0 aromatic heterocycles. The Morgan fingerprint density at radius 3 is 2.40 bits per heavy atom. The average Bonchev–Trinajstić information content (AvgIpc) is 2.39. The zero-order valence-corrected chi connectivity index (χ0v) is 12.7. The number of benzene rings is 1. The number of non-ortho nitro benzene ring substituents is 1. The van der Waals surface area contributed by atoms with Crippen molar-refractivity contribution in [1.29, 1.82) is 0 Å².